The second-order valence-electron chi connectivity index (χ2n) is 20.7. The van der Waals surface area contributed by atoms with Gasteiger partial charge in [-0.25, -0.2) is 0 Å². The van der Waals surface area contributed by atoms with Gasteiger partial charge in [-0.3, -0.25) is 4.79 Å². The first kappa shape index (κ1) is 64.8. The van der Waals surface area contributed by atoms with E-state index in [1.54, 1.807) is 0 Å². The van der Waals surface area contributed by atoms with Gasteiger partial charge in [0.1, 0.15) is 12.2 Å². The van der Waals surface area contributed by atoms with Crippen molar-refractivity contribution in [3.8, 4) is 0 Å². The number of aliphatic hydroxyl groups is 4. The van der Waals surface area contributed by atoms with E-state index in [9.17, 15) is 25.2 Å². The van der Waals surface area contributed by atoms with Crippen molar-refractivity contribution in [1.29, 1.82) is 0 Å². The standard InChI is InChI=1S/C60H117NO5/c1-3-5-7-9-11-13-15-17-19-21-23-25-27-28-29-30-32-34-36-38-40-42-44-46-48-50-52-54-58(64)60(66)61-56(55-62)59(65)57(63)53-51-49-47-45-43-41-39-37-35-33-31-26-24-22-20-18-16-14-12-10-8-6-4-2/h28-29,45,47,56-59,62-65H,3-27,30-44,46,48-55H2,1-2H3,(H,61,66)/b29-28-,47-45+. The maximum Gasteiger partial charge on any atom is 0.249 e. The number of hydrogen-bond acceptors (Lipinski definition) is 5. The second-order valence-corrected chi connectivity index (χ2v) is 20.7. The highest BCUT2D eigenvalue weighted by Crippen LogP contribution is 2.18. The van der Waals surface area contributed by atoms with Gasteiger partial charge in [0.15, 0.2) is 0 Å². The molecule has 0 saturated heterocycles. The molecule has 0 aromatic carbocycles. The minimum atomic E-state index is -1.28. The number of carbonyl (C=O) groups is 1. The van der Waals surface area contributed by atoms with Gasteiger partial charge in [-0.05, 0) is 64.2 Å². The van der Waals surface area contributed by atoms with Crippen molar-refractivity contribution >= 4 is 5.91 Å². The molecule has 0 fully saturated rings. The molecule has 0 aliphatic rings. The van der Waals surface area contributed by atoms with E-state index in [0.29, 0.717) is 12.8 Å². The van der Waals surface area contributed by atoms with Crippen LogP contribution < -0.4 is 5.32 Å². The summed E-state index contributed by atoms with van der Waals surface area (Å²) in [5.41, 5.74) is 0. The smallest absolute Gasteiger partial charge is 0.249 e. The third-order valence-corrected chi connectivity index (χ3v) is 14.1. The SMILES string of the molecule is CCCCCCCCCCCCCC/C=C\CCCCCCCCCCCCCC(O)C(=O)NC(CO)C(O)C(O)CCC/C=C/CCCCCCCCCCCCCCCCCCCC. The number of hydrogen-bond donors (Lipinski definition) is 5. The normalized spacial score (nSPS) is 13.8. The Morgan fingerprint density at radius 2 is 0.621 bits per heavy atom. The maximum atomic E-state index is 12.6. The predicted octanol–water partition coefficient (Wildman–Crippen LogP) is 17.4. The molecule has 6 heteroatoms. The van der Waals surface area contributed by atoms with Crippen molar-refractivity contribution in [3.63, 3.8) is 0 Å². The number of unbranched alkanes of at least 4 members (excludes halogenated alkanes) is 42. The summed E-state index contributed by atoms with van der Waals surface area (Å²) in [4.78, 5) is 12.6. The van der Waals surface area contributed by atoms with E-state index >= 15 is 0 Å². The molecule has 0 aromatic heterocycles. The first-order chi connectivity index (χ1) is 32.5. The average Bonchev–Trinajstić information content (AvgIpc) is 3.32. The number of nitrogens with one attached hydrogen (secondary N) is 1. The Morgan fingerprint density at radius 3 is 0.909 bits per heavy atom. The summed E-state index contributed by atoms with van der Waals surface area (Å²) in [5.74, 6) is -0.589. The van der Waals surface area contributed by atoms with Gasteiger partial charge in [0.05, 0.1) is 18.8 Å². The first-order valence-electron chi connectivity index (χ1n) is 29.7. The van der Waals surface area contributed by atoms with Crippen molar-refractivity contribution in [2.24, 2.45) is 0 Å². The Hall–Kier alpha value is -1.21. The zero-order valence-corrected chi connectivity index (χ0v) is 44.5. The number of allylic oxidation sites excluding steroid dienone is 4. The highest BCUT2D eigenvalue weighted by molar-refractivity contribution is 5.80. The van der Waals surface area contributed by atoms with Gasteiger partial charge in [-0.15, -0.1) is 0 Å². The largest absolute Gasteiger partial charge is 0.394 e. The molecule has 0 heterocycles. The highest BCUT2D eigenvalue weighted by Gasteiger charge is 2.28. The highest BCUT2D eigenvalue weighted by atomic mass is 16.3. The molecule has 0 aliphatic heterocycles. The van der Waals surface area contributed by atoms with Crippen molar-refractivity contribution in [3.05, 3.63) is 24.3 Å². The van der Waals surface area contributed by atoms with Crippen LogP contribution in [0.5, 0.6) is 0 Å². The van der Waals surface area contributed by atoms with E-state index < -0.39 is 36.9 Å². The molecule has 5 N–H and O–H groups in total. The van der Waals surface area contributed by atoms with Gasteiger partial charge in [0.2, 0.25) is 5.91 Å². The van der Waals surface area contributed by atoms with Gasteiger partial charge in [-0.2, -0.15) is 0 Å². The molecule has 1 amide bonds. The lowest BCUT2D eigenvalue weighted by molar-refractivity contribution is -0.132. The quantitative estimate of drug-likeness (QED) is 0.0308. The van der Waals surface area contributed by atoms with Crippen LogP contribution in [-0.4, -0.2) is 57.3 Å². The van der Waals surface area contributed by atoms with Gasteiger partial charge >= 0.3 is 0 Å². The van der Waals surface area contributed by atoms with E-state index in [2.05, 4.69) is 43.5 Å². The van der Waals surface area contributed by atoms with E-state index in [1.807, 2.05) is 0 Å². The number of amides is 1. The van der Waals surface area contributed by atoms with Crippen LogP contribution in [0.4, 0.5) is 0 Å². The fraction of sp³-hybridized carbons (Fsp3) is 0.917. The van der Waals surface area contributed by atoms with E-state index in [1.165, 1.54) is 257 Å². The molecule has 0 bridgehead atoms. The molecular weight excluding hydrogens is 815 g/mol. The second kappa shape index (κ2) is 54.7. The first-order valence-corrected chi connectivity index (χ1v) is 29.7. The predicted molar refractivity (Wildman–Crippen MR) is 288 cm³/mol. The average molecular weight is 933 g/mol. The topological polar surface area (TPSA) is 110 Å². The summed E-state index contributed by atoms with van der Waals surface area (Å²) in [7, 11) is 0. The third-order valence-electron chi connectivity index (χ3n) is 14.1. The van der Waals surface area contributed by atoms with Crippen LogP contribution in [0.25, 0.3) is 0 Å². The Morgan fingerprint density at radius 1 is 0.364 bits per heavy atom. The summed E-state index contributed by atoms with van der Waals surface area (Å²) in [6, 6.07) is -1.00. The van der Waals surface area contributed by atoms with Crippen LogP contribution in [0.3, 0.4) is 0 Å². The lowest BCUT2D eigenvalue weighted by Crippen LogP contribution is -2.53. The zero-order valence-electron chi connectivity index (χ0n) is 44.5. The molecule has 0 saturated carbocycles. The molecular formula is C60H117NO5. The minimum Gasteiger partial charge on any atom is -0.394 e. The lowest BCUT2D eigenvalue weighted by atomic mass is 10.00. The van der Waals surface area contributed by atoms with Crippen molar-refractivity contribution in [1.82, 2.24) is 5.32 Å². The van der Waals surface area contributed by atoms with Gasteiger partial charge in [0.25, 0.3) is 0 Å². The fourth-order valence-electron chi connectivity index (χ4n) is 9.46. The molecule has 66 heavy (non-hydrogen) atoms. The van der Waals surface area contributed by atoms with Crippen LogP contribution in [-0.2, 0) is 4.79 Å². The molecule has 4 unspecified atom stereocenters. The lowest BCUT2D eigenvalue weighted by Gasteiger charge is -2.27. The summed E-state index contributed by atoms with van der Waals surface area (Å²) >= 11 is 0. The molecule has 0 aromatic rings. The van der Waals surface area contributed by atoms with Crippen molar-refractivity contribution in [2.45, 2.75) is 346 Å². The molecule has 6 nitrogen and oxygen atoms in total. The van der Waals surface area contributed by atoms with Crippen LogP contribution in [0.15, 0.2) is 24.3 Å². The maximum absolute atomic E-state index is 12.6. The Balaban J connectivity index is 3.63. The zero-order chi connectivity index (χ0) is 48.1. The number of carbonyl (C=O) groups excluding carboxylic acids is 1. The molecule has 4 atom stereocenters. The third kappa shape index (κ3) is 47.8. The Labute approximate surface area is 412 Å². The minimum absolute atomic E-state index is 0.364. The summed E-state index contributed by atoms with van der Waals surface area (Å²) in [6.45, 7) is 4.08. The Bertz CT molecular complexity index is 1000. The van der Waals surface area contributed by atoms with Gasteiger partial charge in [0, 0.05) is 0 Å². The van der Waals surface area contributed by atoms with Crippen LogP contribution >= 0.6 is 0 Å². The molecule has 0 radical (unpaired) electrons. The van der Waals surface area contributed by atoms with Gasteiger partial charge in [-0.1, -0.05) is 282 Å². The molecule has 0 aliphatic carbocycles. The summed E-state index contributed by atoms with van der Waals surface area (Å²) in [6.07, 6.45) is 66.9. The van der Waals surface area contributed by atoms with E-state index in [-0.39, 0.29) is 0 Å². The monoisotopic (exact) mass is 932 g/mol. The van der Waals surface area contributed by atoms with Crippen molar-refractivity contribution in [2.75, 3.05) is 6.61 Å². The summed E-state index contributed by atoms with van der Waals surface area (Å²) < 4.78 is 0. The molecule has 0 spiro atoms. The molecule has 392 valence electrons. The molecule has 0 rings (SSSR count). The van der Waals surface area contributed by atoms with Crippen molar-refractivity contribution < 1.29 is 25.2 Å². The fourth-order valence-corrected chi connectivity index (χ4v) is 9.46. The van der Waals surface area contributed by atoms with Crippen LogP contribution in [0, 0.1) is 0 Å². The summed E-state index contributed by atoms with van der Waals surface area (Å²) in [5, 5.41) is 44.0. The number of rotatable bonds is 55. The van der Waals surface area contributed by atoms with Crippen LogP contribution in [0.2, 0.25) is 0 Å². The van der Waals surface area contributed by atoms with Crippen LogP contribution in [0.1, 0.15) is 322 Å². The number of aliphatic hydroxyl groups excluding tert-OH is 4. The van der Waals surface area contributed by atoms with E-state index in [0.717, 1.165) is 38.5 Å². The van der Waals surface area contributed by atoms with E-state index in [4.69, 9.17) is 0 Å². The Kier molecular flexibility index (Phi) is 53.7. The van der Waals surface area contributed by atoms with Gasteiger partial charge < -0.3 is 25.7 Å².